The predicted molar refractivity (Wildman–Crippen MR) is 147 cm³/mol. The molecule has 2 aliphatic carbocycles. The average Bonchev–Trinajstić information content (AvgIpc) is 3.30. The zero-order chi connectivity index (χ0) is 27.9. The number of hydrogen-bond donors (Lipinski definition) is 0. The number of benzene rings is 2. The van der Waals surface area contributed by atoms with Crippen LogP contribution in [-0.4, -0.2) is 54.1 Å². The van der Waals surface area contributed by atoms with Gasteiger partial charge in [-0.05, 0) is 87.5 Å². The van der Waals surface area contributed by atoms with E-state index in [2.05, 4.69) is 18.0 Å². The first-order chi connectivity index (χ1) is 19.3. The van der Waals surface area contributed by atoms with E-state index in [0.717, 1.165) is 53.3 Å². The Labute approximate surface area is 232 Å². The van der Waals surface area contributed by atoms with Crippen LogP contribution in [0.5, 0.6) is 11.5 Å². The molecule has 2 aromatic carbocycles. The quantitative estimate of drug-likeness (QED) is 0.254. The first-order valence-corrected chi connectivity index (χ1v) is 13.8. The first kappa shape index (κ1) is 25.0. The number of methoxy groups -OCH3 is 1. The van der Waals surface area contributed by atoms with Crippen molar-refractivity contribution in [2.75, 3.05) is 27.3 Å². The average molecular weight is 542 g/mol. The zero-order valence-corrected chi connectivity index (χ0v) is 23.0. The van der Waals surface area contributed by atoms with E-state index < -0.39 is 10.9 Å². The number of aryl methyl sites for hydroxylation is 1. The molecule has 0 radical (unpaired) electrons. The Balaban J connectivity index is 1.51. The molecule has 1 aromatic heterocycles. The standard InChI is InChI=1S/C31H31N3O6/c1-5-39-30(35)24-16(2)32-27-20(25(24)17-6-9-19(10-7-17)34(36)37)15-21-22-14-18-8-11-23(38-4)28-26(18)31(21,29(27)40-28)12-13-33(22)3/h6-11,21-22,29H,5,12-15H2,1-4H3. The Hall–Kier alpha value is -3.98. The fourth-order valence-electron chi connectivity index (χ4n) is 7.99. The molecule has 9 heteroatoms. The molecule has 9 nitrogen and oxygen atoms in total. The molecule has 4 atom stereocenters. The lowest BCUT2D eigenvalue weighted by Gasteiger charge is -2.57. The van der Waals surface area contributed by atoms with E-state index in [1.165, 1.54) is 23.3 Å². The maximum absolute atomic E-state index is 13.4. The number of nitro groups is 1. The van der Waals surface area contributed by atoms with Crippen molar-refractivity contribution in [2.45, 2.75) is 50.7 Å². The fraction of sp³-hybridized carbons (Fsp3) is 0.419. The van der Waals surface area contributed by atoms with Gasteiger partial charge in [0.05, 0.1) is 35.6 Å². The summed E-state index contributed by atoms with van der Waals surface area (Å²) in [5, 5.41) is 11.4. The van der Waals surface area contributed by atoms with Gasteiger partial charge < -0.3 is 19.1 Å². The summed E-state index contributed by atoms with van der Waals surface area (Å²) >= 11 is 0. The number of rotatable bonds is 5. The maximum atomic E-state index is 13.4. The third kappa shape index (κ3) is 3.18. The van der Waals surface area contributed by atoms with Crippen molar-refractivity contribution < 1.29 is 23.9 Å². The van der Waals surface area contributed by atoms with Crippen molar-refractivity contribution >= 4 is 11.7 Å². The van der Waals surface area contributed by atoms with Crippen LogP contribution < -0.4 is 9.47 Å². The van der Waals surface area contributed by atoms with Crippen LogP contribution in [0.1, 0.15) is 57.9 Å². The number of likely N-dealkylation sites (tertiary alicyclic amines) is 1. The Morgan fingerprint density at radius 1 is 1.23 bits per heavy atom. The number of hydrogen-bond acceptors (Lipinski definition) is 8. The summed E-state index contributed by atoms with van der Waals surface area (Å²) in [6.07, 6.45) is 2.24. The molecule has 0 saturated carbocycles. The van der Waals surface area contributed by atoms with Gasteiger partial charge in [0.15, 0.2) is 17.6 Å². The van der Waals surface area contributed by atoms with Crippen molar-refractivity contribution in [3.05, 3.63) is 80.2 Å². The van der Waals surface area contributed by atoms with Gasteiger partial charge >= 0.3 is 5.97 Å². The van der Waals surface area contributed by atoms with Gasteiger partial charge in [0.2, 0.25) is 0 Å². The lowest BCUT2D eigenvalue weighted by Crippen LogP contribution is -2.62. The Morgan fingerprint density at radius 2 is 2.00 bits per heavy atom. The number of ether oxygens (including phenoxy) is 3. The first-order valence-electron chi connectivity index (χ1n) is 13.8. The van der Waals surface area contributed by atoms with Crippen LogP contribution in [0.15, 0.2) is 36.4 Å². The van der Waals surface area contributed by atoms with Crippen molar-refractivity contribution in [1.82, 2.24) is 9.88 Å². The summed E-state index contributed by atoms with van der Waals surface area (Å²) in [5.41, 5.74) is 6.58. The normalized spacial score (nSPS) is 25.4. The van der Waals surface area contributed by atoms with E-state index in [-0.39, 0.29) is 29.7 Å². The number of non-ortho nitro benzene ring substituents is 1. The van der Waals surface area contributed by atoms with Crippen molar-refractivity contribution in [3.8, 4) is 22.6 Å². The minimum atomic E-state index is -0.440. The van der Waals surface area contributed by atoms with E-state index in [1.54, 1.807) is 26.2 Å². The van der Waals surface area contributed by atoms with Crippen LogP contribution in [0.3, 0.4) is 0 Å². The van der Waals surface area contributed by atoms with Crippen LogP contribution in [-0.2, 0) is 23.0 Å². The van der Waals surface area contributed by atoms with Gasteiger partial charge in [0.25, 0.3) is 5.69 Å². The van der Waals surface area contributed by atoms with Crippen LogP contribution in [0.4, 0.5) is 5.69 Å². The Kier molecular flexibility index (Phi) is 5.48. The van der Waals surface area contributed by atoms with Gasteiger partial charge in [0, 0.05) is 34.7 Å². The number of aromatic nitrogens is 1. The number of piperidine rings is 1. The molecule has 1 fully saturated rings. The molecule has 2 bridgehead atoms. The number of carbonyl (C=O) groups is 1. The highest BCUT2D eigenvalue weighted by Crippen LogP contribution is 2.67. The van der Waals surface area contributed by atoms with Gasteiger partial charge in [-0.25, -0.2) is 4.79 Å². The molecule has 0 amide bonds. The monoisotopic (exact) mass is 541 g/mol. The number of nitrogens with zero attached hydrogens (tertiary/aromatic N) is 3. The SMILES string of the molecule is CCOC(=O)c1c(C)nc2c(c1-c1ccc([N+](=O)[O-])cc1)CC1C3Cc4ccc(OC)c5c4C1(CCN3C)C2O5. The summed E-state index contributed by atoms with van der Waals surface area (Å²) in [6.45, 7) is 4.80. The molecule has 3 heterocycles. The van der Waals surface area contributed by atoms with E-state index in [4.69, 9.17) is 19.2 Å². The Morgan fingerprint density at radius 3 is 2.70 bits per heavy atom. The molecule has 3 aromatic rings. The highest BCUT2D eigenvalue weighted by Gasteiger charge is 2.65. The van der Waals surface area contributed by atoms with E-state index in [0.29, 0.717) is 23.7 Å². The van der Waals surface area contributed by atoms with Crippen LogP contribution in [0.2, 0.25) is 0 Å². The number of esters is 1. The predicted octanol–water partition coefficient (Wildman–Crippen LogP) is 4.95. The molecule has 2 aliphatic heterocycles. The third-order valence-corrected chi connectivity index (χ3v) is 9.63. The Bertz CT molecular complexity index is 1590. The largest absolute Gasteiger partial charge is 0.493 e. The lowest BCUT2D eigenvalue weighted by molar-refractivity contribution is -0.384. The van der Waals surface area contributed by atoms with Crippen molar-refractivity contribution in [3.63, 3.8) is 0 Å². The molecule has 0 N–H and O–H groups in total. The smallest absolute Gasteiger partial charge is 0.340 e. The molecule has 7 rings (SSSR count). The maximum Gasteiger partial charge on any atom is 0.340 e. The second kappa shape index (κ2) is 8.76. The second-order valence-corrected chi connectivity index (χ2v) is 11.3. The highest BCUT2D eigenvalue weighted by atomic mass is 16.6. The molecule has 4 unspecified atom stereocenters. The zero-order valence-electron chi connectivity index (χ0n) is 23.0. The van der Waals surface area contributed by atoms with Crippen LogP contribution in [0, 0.1) is 23.0 Å². The second-order valence-electron chi connectivity index (χ2n) is 11.3. The highest BCUT2D eigenvalue weighted by molar-refractivity contribution is 5.99. The summed E-state index contributed by atoms with van der Waals surface area (Å²) in [4.78, 5) is 31.9. The van der Waals surface area contributed by atoms with E-state index in [1.807, 2.05) is 13.0 Å². The minimum Gasteiger partial charge on any atom is -0.493 e. The third-order valence-electron chi connectivity index (χ3n) is 9.63. The van der Waals surface area contributed by atoms with Gasteiger partial charge in [-0.3, -0.25) is 15.1 Å². The minimum absolute atomic E-state index is 0.00216. The topological polar surface area (TPSA) is 104 Å². The summed E-state index contributed by atoms with van der Waals surface area (Å²) in [6, 6.07) is 10.9. The molecular weight excluding hydrogens is 510 g/mol. The number of fused-ring (bicyclic) bond motifs is 2. The number of pyridine rings is 1. The summed E-state index contributed by atoms with van der Waals surface area (Å²) in [5.74, 6) is 1.35. The fourth-order valence-corrected chi connectivity index (χ4v) is 7.99. The van der Waals surface area contributed by atoms with Gasteiger partial charge in [-0.15, -0.1) is 0 Å². The molecule has 1 spiro atoms. The number of likely N-dealkylation sites (N-methyl/N-ethyl adjacent to an activating group) is 1. The van der Waals surface area contributed by atoms with Gasteiger partial charge in [-0.2, -0.15) is 0 Å². The molecular formula is C31H31N3O6. The number of carbonyl (C=O) groups excluding carboxylic acids is 1. The van der Waals surface area contributed by atoms with Crippen LogP contribution >= 0.6 is 0 Å². The van der Waals surface area contributed by atoms with Crippen molar-refractivity contribution in [2.24, 2.45) is 5.92 Å². The molecule has 1 saturated heterocycles. The molecule has 40 heavy (non-hydrogen) atoms. The van der Waals surface area contributed by atoms with Gasteiger partial charge in [-0.1, -0.05) is 6.07 Å². The molecule has 4 aliphatic rings. The van der Waals surface area contributed by atoms with E-state index in [9.17, 15) is 14.9 Å². The summed E-state index contributed by atoms with van der Waals surface area (Å²) in [7, 11) is 3.87. The number of nitro benzene ring substituents is 1. The van der Waals surface area contributed by atoms with Gasteiger partial charge in [0.1, 0.15) is 0 Å². The summed E-state index contributed by atoms with van der Waals surface area (Å²) < 4.78 is 18.2. The van der Waals surface area contributed by atoms with Crippen molar-refractivity contribution in [1.29, 1.82) is 0 Å². The van der Waals surface area contributed by atoms with Crippen LogP contribution in [0.25, 0.3) is 11.1 Å². The molecule has 206 valence electrons. The lowest BCUT2D eigenvalue weighted by atomic mass is 9.51. The van der Waals surface area contributed by atoms with E-state index >= 15 is 0 Å².